The van der Waals surface area contributed by atoms with Gasteiger partial charge in [0.2, 0.25) is 35.4 Å². The highest BCUT2D eigenvalue weighted by molar-refractivity contribution is 5.99. The molecule has 0 heterocycles. The van der Waals surface area contributed by atoms with Gasteiger partial charge in [-0.1, -0.05) is 141 Å². The van der Waals surface area contributed by atoms with Crippen LogP contribution < -0.4 is 49.9 Å². The van der Waals surface area contributed by atoms with Crippen LogP contribution in [0.15, 0.2) is 46.4 Å². The summed E-state index contributed by atoms with van der Waals surface area (Å²) in [6.45, 7) is 5.52. The first-order valence-corrected chi connectivity index (χ1v) is 31.1. The summed E-state index contributed by atoms with van der Waals surface area (Å²) in [6.07, 6.45) is 33.3. The Balaban J connectivity index is -0.00000456. The van der Waals surface area contributed by atoms with Crippen LogP contribution in [-0.4, -0.2) is 138 Å². The van der Waals surface area contributed by atoms with Gasteiger partial charge in [0.25, 0.3) is 0 Å². The number of amides is 6. The number of nitrogens with one attached hydrogen (secondary N) is 4. The molecule has 28 heteroatoms. The average molecular weight is 1270 g/mol. The molecule has 0 aromatic heterocycles. The van der Waals surface area contributed by atoms with E-state index in [-0.39, 0.29) is 75.8 Å². The lowest BCUT2D eigenvalue weighted by molar-refractivity contribution is -0.193. The van der Waals surface area contributed by atoms with Crippen LogP contribution in [0.4, 0.5) is 26.3 Å². The third-order valence-electron chi connectivity index (χ3n) is 13.1. The minimum Gasteiger partial charge on any atom is -0.475 e. The van der Waals surface area contributed by atoms with Crippen LogP contribution in [0.3, 0.4) is 0 Å². The van der Waals surface area contributed by atoms with Crippen LogP contribution in [-0.2, 0) is 38.4 Å². The Bertz CT molecular complexity index is 1990. The van der Waals surface area contributed by atoms with Crippen molar-refractivity contribution < 1.29 is 74.9 Å². The lowest BCUT2D eigenvalue weighted by Crippen LogP contribution is -2.52. The summed E-state index contributed by atoms with van der Waals surface area (Å²) >= 11 is 0. The maximum absolute atomic E-state index is 13.6. The maximum atomic E-state index is 13.6. The van der Waals surface area contributed by atoms with Crippen molar-refractivity contribution in [3.63, 3.8) is 0 Å². The Hall–Kier alpha value is -6.90. The van der Waals surface area contributed by atoms with Gasteiger partial charge in [-0.05, 0) is 89.9 Å². The van der Waals surface area contributed by atoms with E-state index in [2.05, 4.69) is 69.4 Å². The van der Waals surface area contributed by atoms with E-state index in [1.54, 1.807) is 0 Å². The summed E-state index contributed by atoms with van der Waals surface area (Å²) in [5.41, 5.74) is 27.2. The normalized spacial score (nSPS) is 12.0. The van der Waals surface area contributed by atoms with E-state index in [1.807, 2.05) is 0 Å². The molecular weight excluding hydrogens is 1160 g/mol. The maximum Gasteiger partial charge on any atom is 0.490 e. The fraction of sp³-hybridized carbons (Fsp3) is 0.733. The molecule has 0 radical (unpaired) electrons. The minimum atomic E-state index is -5.08. The smallest absolute Gasteiger partial charge is 0.475 e. The van der Waals surface area contributed by atoms with E-state index in [0.29, 0.717) is 25.7 Å². The summed E-state index contributed by atoms with van der Waals surface area (Å²) in [5.74, 6) is -8.69. The van der Waals surface area contributed by atoms with E-state index < -0.39 is 60.0 Å². The van der Waals surface area contributed by atoms with Gasteiger partial charge in [-0.15, -0.1) is 0 Å². The second-order valence-corrected chi connectivity index (χ2v) is 21.1. The van der Waals surface area contributed by atoms with Crippen molar-refractivity contribution in [2.24, 2.45) is 38.7 Å². The number of hydrogen-bond acceptors (Lipinski definition) is 10. The molecule has 0 unspecified atom stereocenters. The first kappa shape index (κ1) is 85.3. The SMILES string of the molecule is CCCCCCCC/C=C\CCCCCCCC(=O)NCCN(CCNC(=O)CCCCCCC/C=C\CCCCCCCC)C(=O)/C=C\C(=O)N[C@@H](CCCN=C(N)N)C(=O)N[C@@H](CCCN=C(N)N)C(N)=O.O=C(O)C(F)(F)F.O=C(O)C(F)(F)F. The van der Waals surface area contributed by atoms with E-state index >= 15 is 0 Å². The van der Waals surface area contributed by atoms with Crippen molar-refractivity contribution in [1.29, 1.82) is 0 Å². The Morgan fingerprint density at radius 3 is 1.12 bits per heavy atom. The van der Waals surface area contributed by atoms with E-state index in [9.17, 15) is 55.1 Å². The van der Waals surface area contributed by atoms with Crippen molar-refractivity contribution in [3.05, 3.63) is 36.5 Å². The lowest BCUT2D eigenvalue weighted by atomic mass is 10.1. The van der Waals surface area contributed by atoms with E-state index in [4.69, 9.17) is 48.5 Å². The Morgan fingerprint density at radius 2 is 0.795 bits per heavy atom. The first-order valence-electron chi connectivity index (χ1n) is 31.1. The number of carboxylic acid groups (broad SMARTS) is 2. The molecule has 0 spiro atoms. The standard InChI is InChI=1S/C56H104N12O6.2C2HF3O2/c1-3-5-7-9-11-13-15-17-19-21-23-25-27-29-31-37-49(69)62-43-45-68(46-44-63-50(70)38-32-30-28-26-24-22-20-18-16-14-12-10-8-6-4-2)52(72)40-39-51(71)66-48(36-34-42-65-56(60)61)54(74)67-47(53(57)73)35-33-41-64-55(58)59;2*3-2(4,5)1(6)7/h17-20,39-40,47-48H,3-16,21-38,41-46H2,1-2H3,(H2,57,73)(H,62,69)(H,63,70)(H,66,71)(H,67,74)(H4,58,59,64)(H4,60,61,65);2*(H,6,7)/b19-17-,20-18-,40-39-;;/t47-,48-;;/m0../s1. The number of unbranched alkanes of at least 4 members (excludes halogenated alkanes) is 22. The highest BCUT2D eigenvalue weighted by Crippen LogP contribution is 2.15. The van der Waals surface area contributed by atoms with Gasteiger partial charge in [0.05, 0.1) is 0 Å². The molecule has 0 aliphatic carbocycles. The van der Waals surface area contributed by atoms with Crippen LogP contribution in [0, 0.1) is 0 Å². The molecule has 0 saturated heterocycles. The number of hydrogen-bond donors (Lipinski definition) is 11. The third kappa shape index (κ3) is 59.4. The molecule has 2 atom stereocenters. The number of rotatable bonds is 50. The van der Waals surface area contributed by atoms with E-state index in [0.717, 1.165) is 102 Å². The molecule has 22 nitrogen and oxygen atoms in total. The highest BCUT2D eigenvalue weighted by Gasteiger charge is 2.39. The molecule has 0 aromatic carbocycles. The zero-order valence-electron chi connectivity index (χ0n) is 52.1. The number of carboxylic acids is 2. The zero-order chi connectivity index (χ0) is 66.9. The molecule has 0 rings (SSSR count). The summed E-state index contributed by atoms with van der Waals surface area (Å²) < 4.78 is 63.5. The highest BCUT2D eigenvalue weighted by atomic mass is 19.4. The fourth-order valence-corrected chi connectivity index (χ4v) is 8.19. The van der Waals surface area contributed by atoms with Crippen molar-refractivity contribution in [2.75, 3.05) is 39.3 Å². The molecule has 88 heavy (non-hydrogen) atoms. The van der Waals surface area contributed by atoms with Crippen molar-refractivity contribution in [3.8, 4) is 0 Å². The molecular formula is C60H106F6N12O10. The number of halogens is 6. The molecule has 0 aromatic rings. The first-order chi connectivity index (χ1) is 41.7. The molecule has 0 fully saturated rings. The van der Waals surface area contributed by atoms with Crippen LogP contribution >= 0.6 is 0 Å². The Labute approximate surface area is 517 Å². The number of primary amides is 1. The summed E-state index contributed by atoms with van der Waals surface area (Å²) in [4.78, 5) is 105. The molecule has 6 amide bonds. The lowest BCUT2D eigenvalue weighted by Gasteiger charge is -2.22. The number of alkyl halides is 6. The second kappa shape index (κ2) is 56.6. The molecule has 0 saturated carbocycles. The third-order valence-corrected chi connectivity index (χ3v) is 13.1. The van der Waals surface area contributed by atoms with Gasteiger partial charge in [0.15, 0.2) is 11.9 Å². The number of aliphatic carboxylic acids is 2. The van der Waals surface area contributed by atoms with Gasteiger partial charge in [-0.2, -0.15) is 26.3 Å². The van der Waals surface area contributed by atoms with Gasteiger partial charge >= 0.3 is 24.3 Å². The predicted octanol–water partition coefficient (Wildman–Crippen LogP) is 8.51. The second-order valence-electron chi connectivity index (χ2n) is 21.1. The predicted molar refractivity (Wildman–Crippen MR) is 331 cm³/mol. The quantitative estimate of drug-likeness (QED) is 0.00679. The number of carbonyl (C=O) groups is 8. The van der Waals surface area contributed by atoms with Crippen molar-refractivity contribution in [2.45, 2.75) is 244 Å². The van der Waals surface area contributed by atoms with Crippen LogP contribution in [0.25, 0.3) is 0 Å². The van der Waals surface area contributed by atoms with Gasteiger partial charge in [0, 0.05) is 64.3 Å². The van der Waals surface area contributed by atoms with Crippen LogP contribution in [0.2, 0.25) is 0 Å². The van der Waals surface area contributed by atoms with Gasteiger partial charge < -0.3 is 65.0 Å². The van der Waals surface area contributed by atoms with Crippen molar-refractivity contribution in [1.82, 2.24) is 26.2 Å². The van der Waals surface area contributed by atoms with Gasteiger partial charge in [-0.25, -0.2) is 9.59 Å². The molecule has 0 bridgehead atoms. The topological polar surface area (TPSA) is 383 Å². The molecule has 16 N–H and O–H groups in total. The van der Waals surface area contributed by atoms with Gasteiger partial charge in [0.1, 0.15) is 12.1 Å². The fourth-order valence-electron chi connectivity index (χ4n) is 8.19. The summed E-state index contributed by atoms with van der Waals surface area (Å²) in [5, 5.41) is 25.3. The summed E-state index contributed by atoms with van der Waals surface area (Å²) in [6, 6.07) is -2.20. The number of nitrogens with two attached hydrogens (primary N) is 5. The van der Waals surface area contributed by atoms with Crippen LogP contribution in [0.5, 0.6) is 0 Å². The Morgan fingerprint density at radius 1 is 0.466 bits per heavy atom. The molecule has 0 aliphatic heterocycles. The van der Waals surface area contributed by atoms with E-state index in [1.165, 1.54) is 81.9 Å². The molecule has 0 aliphatic rings. The van der Waals surface area contributed by atoms with Crippen molar-refractivity contribution >= 4 is 59.3 Å². The van der Waals surface area contributed by atoms with Gasteiger partial charge in [-0.3, -0.25) is 38.8 Å². The number of guanidine groups is 2. The number of allylic oxidation sites excluding steroid dienone is 4. The largest absolute Gasteiger partial charge is 0.490 e. The Kier molecular flexibility index (Phi) is 54.9. The number of aliphatic imine (C=N–C) groups is 2. The zero-order valence-corrected chi connectivity index (χ0v) is 52.1. The average Bonchev–Trinajstić information content (AvgIpc) is 3.49. The molecule has 508 valence electrons. The van der Waals surface area contributed by atoms with Crippen LogP contribution in [0.1, 0.15) is 219 Å². The monoisotopic (exact) mass is 1270 g/mol. The number of carbonyl (C=O) groups excluding carboxylic acids is 6. The summed E-state index contributed by atoms with van der Waals surface area (Å²) in [7, 11) is 0. The number of nitrogens with zero attached hydrogens (tertiary/aromatic N) is 3. The minimum absolute atomic E-state index is 0.0924.